The maximum absolute atomic E-state index is 12.9. The molecular weight excluding hydrogens is 997 g/mol. The van der Waals surface area contributed by atoms with Gasteiger partial charge in [-0.05, 0) is 83.5 Å². The van der Waals surface area contributed by atoms with Crippen LogP contribution in [0, 0.1) is 0 Å². The fourth-order valence-electron chi connectivity index (χ4n) is 10.7. The van der Waals surface area contributed by atoms with Gasteiger partial charge in [0.2, 0.25) is 0 Å². The summed E-state index contributed by atoms with van der Waals surface area (Å²) in [5, 5.41) is 0. The van der Waals surface area contributed by atoms with Crippen LogP contribution in [-0.2, 0) is 28.6 Å². The molecule has 0 N–H and O–H groups in total. The van der Waals surface area contributed by atoms with Gasteiger partial charge in [-0.3, -0.25) is 14.4 Å². The number of carbonyl (C=O) groups is 3. The molecule has 0 aliphatic carbocycles. The molecule has 0 aromatic heterocycles. The van der Waals surface area contributed by atoms with E-state index >= 15 is 0 Å². The Labute approximate surface area is 504 Å². The quantitative estimate of drug-likeness (QED) is 0.0261. The normalized spacial score (nSPS) is 12.4. The summed E-state index contributed by atoms with van der Waals surface area (Å²) in [6.45, 7) is 6.56. The van der Waals surface area contributed by atoms with E-state index in [9.17, 15) is 14.4 Å². The number of ether oxygens (including phenoxy) is 3. The van der Waals surface area contributed by atoms with E-state index in [2.05, 4.69) is 81.5 Å². The molecule has 0 radical (unpaired) electrons. The average Bonchev–Trinajstić information content (AvgIpc) is 3.47. The first-order valence-electron chi connectivity index (χ1n) is 35.8. The lowest BCUT2D eigenvalue weighted by Crippen LogP contribution is -2.30. The van der Waals surface area contributed by atoms with Gasteiger partial charge in [0.05, 0.1) is 0 Å². The van der Waals surface area contributed by atoms with Crippen molar-refractivity contribution in [3.63, 3.8) is 0 Å². The van der Waals surface area contributed by atoms with E-state index in [1.54, 1.807) is 0 Å². The third-order valence-electron chi connectivity index (χ3n) is 16.0. The van der Waals surface area contributed by atoms with E-state index in [1.807, 2.05) is 0 Å². The molecule has 1 atom stereocenters. The van der Waals surface area contributed by atoms with Gasteiger partial charge in [-0.2, -0.15) is 0 Å². The van der Waals surface area contributed by atoms with Crippen LogP contribution in [0.5, 0.6) is 0 Å². The van der Waals surface area contributed by atoms with Gasteiger partial charge in [-0.25, -0.2) is 0 Å². The molecule has 0 saturated carbocycles. The first-order chi connectivity index (χ1) is 40.0. The third-order valence-corrected chi connectivity index (χ3v) is 16.0. The van der Waals surface area contributed by atoms with Gasteiger partial charge in [-0.15, -0.1) is 0 Å². The van der Waals surface area contributed by atoms with Crippen molar-refractivity contribution in [1.29, 1.82) is 0 Å². The molecule has 0 aliphatic heterocycles. The molecule has 6 nitrogen and oxygen atoms in total. The second-order valence-corrected chi connectivity index (χ2v) is 24.1. The summed E-state index contributed by atoms with van der Waals surface area (Å²) in [6, 6.07) is 0. The minimum atomic E-state index is -0.781. The van der Waals surface area contributed by atoms with Gasteiger partial charge < -0.3 is 14.2 Å². The zero-order valence-corrected chi connectivity index (χ0v) is 54.3. The summed E-state index contributed by atoms with van der Waals surface area (Å²) in [5.41, 5.74) is 0. The summed E-state index contributed by atoms with van der Waals surface area (Å²) in [6.07, 6.45) is 89.8. The number of unbranched alkanes of at least 4 members (excludes halogenated alkanes) is 45. The fourth-order valence-corrected chi connectivity index (χ4v) is 10.7. The van der Waals surface area contributed by atoms with Crippen LogP contribution in [0.4, 0.5) is 0 Å². The summed E-state index contributed by atoms with van der Waals surface area (Å²) in [5.74, 6) is -0.869. The second kappa shape index (κ2) is 69.6. The molecule has 6 heteroatoms. The second-order valence-electron chi connectivity index (χ2n) is 24.1. The Morgan fingerprint density at radius 2 is 0.481 bits per heavy atom. The van der Waals surface area contributed by atoms with Crippen LogP contribution in [0.2, 0.25) is 0 Å². The minimum Gasteiger partial charge on any atom is -0.462 e. The van der Waals surface area contributed by atoms with Crippen molar-refractivity contribution in [2.24, 2.45) is 0 Å². The smallest absolute Gasteiger partial charge is 0.306 e. The molecule has 0 fully saturated rings. The zero-order chi connectivity index (χ0) is 58.5. The van der Waals surface area contributed by atoms with E-state index in [0.29, 0.717) is 19.3 Å². The maximum atomic E-state index is 12.9. The Kier molecular flexibility index (Phi) is 67.1. The molecule has 0 aromatic carbocycles. The van der Waals surface area contributed by atoms with E-state index < -0.39 is 6.10 Å². The Bertz CT molecular complexity index is 1440. The van der Waals surface area contributed by atoms with Crippen LogP contribution in [0.25, 0.3) is 0 Å². The molecule has 0 amide bonds. The summed E-state index contributed by atoms with van der Waals surface area (Å²) in [4.78, 5) is 38.4. The molecule has 0 aromatic rings. The monoisotopic (exact) mass is 1130 g/mol. The largest absolute Gasteiger partial charge is 0.462 e. The molecule has 0 rings (SSSR count). The van der Waals surface area contributed by atoms with Crippen molar-refractivity contribution in [1.82, 2.24) is 0 Å². The fraction of sp³-hybridized carbons (Fsp3) is 0.827. The Balaban J connectivity index is 4.13. The van der Waals surface area contributed by atoms with Crippen LogP contribution < -0.4 is 0 Å². The van der Waals surface area contributed by atoms with E-state index in [0.717, 1.165) is 103 Å². The van der Waals surface area contributed by atoms with Crippen LogP contribution in [-0.4, -0.2) is 37.2 Å². The standard InChI is InChI=1S/C75H136O6/c1-4-7-10-13-16-19-22-25-28-29-30-31-32-33-34-35-36-37-38-39-40-41-42-43-44-45-48-50-53-56-59-62-65-68-74(77)80-71-72(81-75(78)69-66-63-60-57-54-51-47-27-24-21-18-15-12-9-6-3)70-79-73(76)67-64-61-58-55-52-49-46-26-23-20-17-14-11-8-5-2/h9,12,18,21-22,25,27,29-30,47,72H,4-8,10-11,13-17,19-20,23-24,26,28,31-46,48-71H2,1-3H3/b12-9-,21-18-,25-22-,30-29-,47-27-. The highest BCUT2D eigenvalue weighted by molar-refractivity contribution is 5.71. The van der Waals surface area contributed by atoms with E-state index in [1.165, 1.54) is 238 Å². The van der Waals surface area contributed by atoms with Crippen LogP contribution in [0.15, 0.2) is 60.8 Å². The predicted octanol–water partition coefficient (Wildman–Crippen LogP) is 24.7. The molecule has 0 bridgehead atoms. The number of hydrogen-bond acceptors (Lipinski definition) is 6. The van der Waals surface area contributed by atoms with Crippen molar-refractivity contribution in [3.05, 3.63) is 60.8 Å². The highest BCUT2D eigenvalue weighted by Crippen LogP contribution is 2.18. The van der Waals surface area contributed by atoms with Crippen molar-refractivity contribution in [2.75, 3.05) is 13.2 Å². The predicted molar refractivity (Wildman–Crippen MR) is 353 cm³/mol. The highest BCUT2D eigenvalue weighted by atomic mass is 16.6. The van der Waals surface area contributed by atoms with E-state index in [-0.39, 0.29) is 31.1 Å². The van der Waals surface area contributed by atoms with Crippen LogP contribution in [0.3, 0.4) is 0 Å². The minimum absolute atomic E-state index is 0.0760. The number of hydrogen-bond donors (Lipinski definition) is 0. The molecule has 472 valence electrons. The molecule has 0 spiro atoms. The highest BCUT2D eigenvalue weighted by Gasteiger charge is 2.19. The molecule has 81 heavy (non-hydrogen) atoms. The number of esters is 3. The van der Waals surface area contributed by atoms with Gasteiger partial charge >= 0.3 is 17.9 Å². The molecular formula is C75H136O6. The van der Waals surface area contributed by atoms with Gasteiger partial charge in [0.25, 0.3) is 0 Å². The van der Waals surface area contributed by atoms with Gasteiger partial charge in [0.1, 0.15) is 13.2 Å². The van der Waals surface area contributed by atoms with Crippen molar-refractivity contribution in [2.45, 2.75) is 386 Å². The number of rotatable bonds is 66. The van der Waals surface area contributed by atoms with Crippen LogP contribution in [0.1, 0.15) is 380 Å². The third kappa shape index (κ3) is 67.8. The van der Waals surface area contributed by atoms with Gasteiger partial charge in [0, 0.05) is 19.3 Å². The summed E-state index contributed by atoms with van der Waals surface area (Å²) < 4.78 is 17.0. The van der Waals surface area contributed by atoms with Crippen molar-refractivity contribution in [3.8, 4) is 0 Å². The SMILES string of the molecule is CC/C=C\C/C=C\C/C=C\CCCCCCCC(=O)OC(COC(=O)CCCCCCCCCCCCCCCCC)COC(=O)CCCCCCCCCCCCCCCCCCCCCCC/C=C\C/C=C\CCCCCCC. The number of carbonyl (C=O) groups excluding carboxylic acids is 3. The first kappa shape index (κ1) is 78.1. The first-order valence-corrected chi connectivity index (χ1v) is 35.8. The lowest BCUT2D eigenvalue weighted by Gasteiger charge is -2.18. The Morgan fingerprint density at radius 1 is 0.259 bits per heavy atom. The lowest BCUT2D eigenvalue weighted by molar-refractivity contribution is -0.167. The molecule has 1 unspecified atom stereocenters. The molecule has 0 aliphatic rings. The zero-order valence-electron chi connectivity index (χ0n) is 54.3. The summed E-state index contributed by atoms with van der Waals surface area (Å²) >= 11 is 0. The maximum Gasteiger partial charge on any atom is 0.306 e. The molecule has 0 heterocycles. The Hall–Kier alpha value is -2.89. The topological polar surface area (TPSA) is 78.9 Å². The molecule has 0 saturated heterocycles. The van der Waals surface area contributed by atoms with Crippen LogP contribution >= 0.6 is 0 Å². The Morgan fingerprint density at radius 3 is 0.753 bits per heavy atom. The average molecular weight is 1130 g/mol. The number of allylic oxidation sites excluding steroid dienone is 10. The van der Waals surface area contributed by atoms with Gasteiger partial charge in [-0.1, -0.05) is 338 Å². The van der Waals surface area contributed by atoms with Gasteiger partial charge in [0.15, 0.2) is 6.10 Å². The van der Waals surface area contributed by atoms with E-state index in [4.69, 9.17) is 14.2 Å². The lowest BCUT2D eigenvalue weighted by atomic mass is 10.0. The summed E-state index contributed by atoms with van der Waals surface area (Å²) in [7, 11) is 0. The van der Waals surface area contributed by atoms with Crippen molar-refractivity contribution < 1.29 is 28.6 Å². The van der Waals surface area contributed by atoms with Crippen molar-refractivity contribution >= 4 is 17.9 Å².